The quantitative estimate of drug-likeness (QED) is 0.278. The third-order valence-electron chi connectivity index (χ3n) is 4.28. The average molecular weight is 489 g/mol. The van der Waals surface area contributed by atoms with Crippen LogP contribution in [0.25, 0.3) is 0 Å². The van der Waals surface area contributed by atoms with E-state index in [-0.39, 0.29) is 23.0 Å². The summed E-state index contributed by atoms with van der Waals surface area (Å²) in [5, 5.41) is 4.43. The van der Waals surface area contributed by atoms with Crippen LogP contribution in [0, 0.1) is 6.92 Å². The van der Waals surface area contributed by atoms with Crippen LogP contribution >= 0.6 is 11.6 Å². The van der Waals surface area contributed by atoms with Gasteiger partial charge in [0.25, 0.3) is 5.91 Å². The van der Waals surface area contributed by atoms with Gasteiger partial charge in [-0.1, -0.05) is 29.3 Å². The van der Waals surface area contributed by atoms with Gasteiger partial charge in [-0.15, -0.1) is 0 Å². The van der Waals surface area contributed by atoms with Crippen molar-refractivity contribution in [2.75, 3.05) is 13.7 Å². The zero-order chi connectivity index (χ0) is 23.8. The van der Waals surface area contributed by atoms with Gasteiger partial charge in [0, 0.05) is 5.02 Å². The number of amides is 1. The summed E-state index contributed by atoms with van der Waals surface area (Å²) in [6.45, 7) is 1.63. The number of nitrogens with zero attached hydrogens (tertiary/aromatic N) is 1. The molecule has 0 saturated carbocycles. The Balaban J connectivity index is 1.60. The van der Waals surface area contributed by atoms with Crippen LogP contribution in [0.3, 0.4) is 0 Å². The van der Waals surface area contributed by atoms with Gasteiger partial charge in [-0.25, -0.2) is 5.43 Å². The van der Waals surface area contributed by atoms with Gasteiger partial charge in [-0.05, 0) is 67.1 Å². The van der Waals surface area contributed by atoms with Crippen molar-refractivity contribution in [2.24, 2.45) is 5.10 Å². The summed E-state index contributed by atoms with van der Waals surface area (Å²) in [6, 6.07) is 17.4. The highest BCUT2D eigenvalue weighted by Gasteiger charge is 2.19. The summed E-state index contributed by atoms with van der Waals surface area (Å²) >= 11 is 5.80. The van der Waals surface area contributed by atoms with Crippen molar-refractivity contribution < 1.29 is 26.9 Å². The van der Waals surface area contributed by atoms with Gasteiger partial charge in [0.1, 0.15) is 10.6 Å². The van der Waals surface area contributed by atoms with Gasteiger partial charge in [0.15, 0.2) is 18.1 Å². The predicted octanol–water partition coefficient (Wildman–Crippen LogP) is 3.95. The van der Waals surface area contributed by atoms with Gasteiger partial charge in [0.2, 0.25) is 0 Å². The minimum absolute atomic E-state index is 0.0237. The molecule has 0 fully saturated rings. The Kier molecular flexibility index (Phi) is 7.92. The van der Waals surface area contributed by atoms with Gasteiger partial charge in [0.05, 0.1) is 13.3 Å². The third-order valence-corrected chi connectivity index (χ3v) is 5.78. The maximum Gasteiger partial charge on any atom is 0.339 e. The molecule has 3 aromatic rings. The normalized spacial score (nSPS) is 11.2. The van der Waals surface area contributed by atoms with Crippen molar-refractivity contribution in [3.05, 3.63) is 82.9 Å². The van der Waals surface area contributed by atoms with Crippen molar-refractivity contribution in [3.63, 3.8) is 0 Å². The van der Waals surface area contributed by atoms with Crippen molar-refractivity contribution in [2.45, 2.75) is 11.8 Å². The molecule has 0 bridgehead atoms. The number of hydrogen-bond donors (Lipinski definition) is 1. The summed E-state index contributed by atoms with van der Waals surface area (Å²) in [7, 11) is -2.64. The first-order chi connectivity index (χ1) is 15.8. The number of carbonyl (C=O) groups is 1. The lowest BCUT2D eigenvalue weighted by molar-refractivity contribution is -0.123. The van der Waals surface area contributed by atoms with E-state index in [1.807, 2.05) is 6.92 Å². The van der Waals surface area contributed by atoms with Gasteiger partial charge in [-0.3, -0.25) is 4.79 Å². The molecule has 1 N–H and O–H groups in total. The second-order valence-electron chi connectivity index (χ2n) is 6.80. The Morgan fingerprint density at radius 2 is 1.73 bits per heavy atom. The van der Waals surface area contributed by atoms with Crippen LogP contribution in [0.5, 0.6) is 17.2 Å². The Morgan fingerprint density at radius 1 is 1.03 bits per heavy atom. The summed E-state index contributed by atoms with van der Waals surface area (Å²) in [4.78, 5) is 11.9. The average Bonchev–Trinajstić information content (AvgIpc) is 2.79. The van der Waals surface area contributed by atoms with Crippen LogP contribution in [0.4, 0.5) is 0 Å². The molecule has 0 aliphatic heterocycles. The zero-order valence-electron chi connectivity index (χ0n) is 17.8. The number of benzene rings is 3. The minimum Gasteiger partial charge on any atom is -0.493 e. The molecule has 0 aliphatic rings. The van der Waals surface area contributed by atoms with Gasteiger partial charge >= 0.3 is 10.1 Å². The van der Waals surface area contributed by atoms with E-state index in [2.05, 4.69) is 10.5 Å². The molecule has 0 aliphatic carbocycles. The van der Waals surface area contributed by atoms with Crippen LogP contribution in [0.1, 0.15) is 11.1 Å². The molecule has 0 saturated heterocycles. The standard InChI is InChI=1S/C23H21ClN2O6S/c1-16-3-10-20(11-4-16)33(28,29)32-21-12-5-17(13-22(21)30-2)14-25-26-23(27)15-31-19-8-6-18(24)7-9-19/h3-14H,15H2,1-2H3,(H,26,27)/b25-14-. The molecule has 8 nitrogen and oxygen atoms in total. The fourth-order valence-electron chi connectivity index (χ4n) is 2.60. The predicted molar refractivity (Wildman–Crippen MR) is 125 cm³/mol. The number of nitrogens with one attached hydrogen (secondary N) is 1. The zero-order valence-corrected chi connectivity index (χ0v) is 19.4. The number of aryl methyl sites for hydroxylation is 1. The molecule has 0 unspecified atom stereocenters. The fraction of sp³-hybridized carbons (Fsp3) is 0.130. The lowest BCUT2D eigenvalue weighted by Gasteiger charge is -2.11. The molecular weight excluding hydrogens is 468 g/mol. The molecule has 0 radical (unpaired) electrons. The maximum atomic E-state index is 12.5. The van der Waals surface area contributed by atoms with Crippen LogP contribution in [-0.4, -0.2) is 34.3 Å². The topological polar surface area (TPSA) is 103 Å². The van der Waals surface area contributed by atoms with Crippen LogP contribution < -0.4 is 19.1 Å². The second kappa shape index (κ2) is 10.8. The van der Waals surface area contributed by atoms with Gasteiger partial charge < -0.3 is 13.7 Å². The van der Waals surface area contributed by atoms with Crippen molar-refractivity contribution in [3.8, 4) is 17.2 Å². The number of hydrazone groups is 1. The van der Waals surface area contributed by atoms with E-state index in [0.29, 0.717) is 16.3 Å². The van der Waals surface area contributed by atoms with E-state index in [1.165, 1.54) is 37.6 Å². The van der Waals surface area contributed by atoms with E-state index in [9.17, 15) is 13.2 Å². The maximum absolute atomic E-state index is 12.5. The summed E-state index contributed by atoms with van der Waals surface area (Å²) in [5.41, 5.74) is 3.82. The van der Waals surface area contributed by atoms with E-state index < -0.39 is 16.0 Å². The molecule has 172 valence electrons. The smallest absolute Gasteiger partial charge is 0.339 e. The third kappa shape index (κ3) is 6.96. The minimum atomic E-state index is -4.03. The lowest BCUT2D eigenvalue weighted by Crippen LogP contribution is -2.24. The van der Waals surface area contributed by atoms with Gasteiger partial charge in [-0.2, -0.15) is 13.5 Å². The Bertz CT molecular complexity index is 1240. The second-order valence-corrected chi connectivity index (χ2v) is 8.78. The van der Waals surface area contributed by atoms with E-state index in [0.717, 1.165) is 5.56 Å². The van der Waals surface area contributed by atoms with Crippen LogP contribution in [0.15, 0.2) is 76.7 Å². The Morgan fingerprint density at radius 3 is 2.39 bits per heavy atom. The molecular formula is C23H21ClN2O6S. The van der Waals surface area contributed by atoms with Crippen molar-refractivity contribution in [1.29, 1.82) is 0 Å². The number of methoxy groups -OCH3 is 1. The number of halogens is 1. The lowest BCUT2D eigenvalue weighted by atomic mass is 10.2. The Hall–Kier alpha value is -3.56. The van der Waals surface area contributed by atoms with E-state index in [4.69, 9.17) is 25.3 Å². The molecule has 3 aromatic carbocycles. The summed E-state index contributed by atoms with van der Waals surface area (Å²) in [6.07, 6.45) is 1.38. The summed E-state index contributed by atoms with van der Waals surface area (Å²) in [5.74, 6) is 0.249. The Labute approximate surface area is 196 Å². The van der Waals surface area contributed by atoms with E-state index >= 15 is 0 Å². The number of carbonyl (C=O) groups excluding carboxylic acids is 1. The molecule has 0 heterocycles. The van der Waals surface area contributed by atoms with Crippen molar-refractivity contribution >= 4 is 33.8 Å². The van der Waals surface area contributed by atoms with Crippen LogP contribution in [0.2, 0.25) is 5.02 Å². The molecule has 0 atom stereocenters. The highest BCUT2D eigenvalue weighted by molar-refractivity contribution is 7.87. The molecule has 1 amide bonds. The molecule has 33 heavy (non-hydrogen) atoms. The molecule has 0 spiro atoms. The first kappa shape index (κ1) is 24.1. The molecule has 10 heteroatoms. The number of rotatable bonds is 9. The summed E-state index contributed by atoms with van der Waals surface area (Å²) < 4.78 is 40.9. The monoisotopic (exact) mass is 488 g/mol. The largest absolute Gasteiger partial charge is 0.493 e. The first-order valence-electron chi connectivity index (χ1n) is 9.66. The van der Waals surface area contributed by atoms with Crippen LogP contribution in [-0.2, 0) is 14.9 Å². The molecule has 0 aromatic heterocycles. The van der Waals surface area contributed by atoms with E-state index in [1.54, 1.807) is 42.5 Å². The fourth-order valence-corrected chi connectivity index (χ4v) is 3.66. The number of hydrogen-bond acceptors (Lipinski definition) is 7. The number of ether oxygens (including phenoxy) is 2. The first-order valence-corrected chi connectivity index (χ1v) is 11.4. The SMILES string of the molecule is COc1cc(/C=N\NC(=O)COc2ccc(Cl)cc2)ccc1OS(=O)(=O)c1ccc(C)cc1. The highest BCUT2D eigenvalue weighted by atomic mass is 35.5. The highest BCUT2D eigenvalue weighted by Crippen LogP contribution is 2.30. The molecule has 3 rings (SSSR count). The van der Waals surface area contributed by atoms with Crippen molar-refractivity contribution in [1.82, 2.24) is 5.43 Å².